The van der Waals surface area contributed by atoms with E-state index in [1.54, 1.807) is 39.8 Å². The number of carbonyl (C=O) groups excluding carboxylic acids is 1. The highest BCUT2D eigenvalue weighted by atomic mass is 31.2. The van der Waals surface area contributed by atoms with Gasteiger partial charge in [-0.1, -0.05) is 0 Å². The minimum atomic E-state index is -3.72. The summed E-state index contributed by atoms with van der Waals surface area (Å²) in [6.07, 6.45) is 0.696. The highest BCUT2D eigenvalue weighted by Crippen LogP contribution is 2.63. The van der Waals surface area contributed by atoms with Crippen LogP contribution < -0.4 is 0 Å². The Morgan fingerprint density at radius 3 is 2.10 bits per heavy atom. The van der Waals surface area contributed by atoms with Crippen molar-refractivity contribution >= 4 is 13.6 Å². The normalized spacial score (nSPS) is 13.8. The number of esters is 1. The molecule has 0 spiro atoms. The fourth-order valence-corrected chi connectivity index (χ4v) is 3.77. The molecule has 1 rings (SSSR count). The third kappa shape index (κ3) is 4.78. The molecule has 1 aromatic rings. The van der Waals surface area contributed by atoms with Crippen LogP contribution >= 0.6 is 7.60 Å². The van der Waals surface area contributed by atoms with Crippen LogP contribution in [0.15, 0.2) is 22.8 Å². The minimum absolute atomic E-state index is 0.227. The first kappa shape index (κ1) is 17.0. The first-order valence-electron chi connectivity index (χ1n) is 6.41. The summed E-state index contributed by atoms with van der Waals surface area (Å²) in [5.74, 6) is -1.57. The number of ether oxygens (including phenoxy) is 1. The second-order valence-corrected chi connectivity index (χ2v) is 6.80. The first-order chi connectivity index (χ1) is 9.24. The highest BCUT2D eigenvalue weighted by molar-refractivity contribution is 7.54. The summed E-state index contributed by atoms with van der Waals surface area (Å²) in [6, 6.07) is 3.18. The zero-order valence-corrected chi connectivity index (χ0v) is 13.3. The van der Waals surface area contributed by atoms with Gasteiger partial charge in [0.05, 0.1) is 18.5 Å². The summed E-state index contributed by atoms with van der Waals surface area (Å²) >= 11 is 0. The van der Waals surface area contributed by atoms with Crippen molar-refractivity contribution in [2.75, 3.05) is 0 Å². The van der Waals surface area contributed by atoms with Gasteiger partial charge in [-0.2, -0.15) is 0 Å². The van der Waals surface area contributed by atoms with Crippen molar-refractivity contribution in [2.24, 2.45) is 0 Å². The number of carbonyl (C=O) groups is 1. The van der Waals surface area contributed by atoms with Crippen molar-refractivity contribution in [2.45, 2.75) is 52.7 Å². The van der Waals surface area contributed by atoms with Gasteiger partial charge >= 0.3 is 13.6 Å². The SMILES string of the molecule is CC(=O)O[C@@H](c1ccco1)P(=O)(OC(C)C)OC(C)C. The summed E-state index contributed by atoms with van der Waals surface area (Å²) in [6.45, 7) is 8.13. The average molecular weight is 304 g/mol. The third-order valence-electron chi connectivity index (χ3n) is 2.07. The largest absolute Gasteiger partial charge is 0.465 e. The molecule has 7 heteroatoms. The lowest BCUT2D eigenvalue weighted by Crippen LogP contribution is -2.17. The van der Waals surface area contributed by atoms with Gasteiger partial charge in [-0.3, -0.25) is 9.36 Å². The zero-order valence-electron chi connectivity index (χ0n) is 12.4. The van der Waals surface area contributed by atoms with E-state index in [1.807, 2.05) is 0 Å². The van der Waals surface area contributed by atoms with E-state index in [0.29, 0.717) is 0 Å². The molecule has 1 atom stereocenters. The van der Waals surface area contributed by atoms with Gasteiger partial charge < -0.3 is 18.2 Å². The van der Waals surface area contributed by atoms with Crippen molar-refractivity contribution in [3.8, 4) is 0 Å². The lowest BCUT2D eigenvalue weighted by atomic mass is 10.5. The number of hydrogen-bond acceptors (Lipinski definition) is 6. The van der Waals surface area contributed by atoms with Crippen molar-refractivity contribution in [1.29, 1.82) is 0 Å². The van der Waals surface area contributed by atoms with Crippen LogP contribution in [0.25, 0.3) is 0 Å². The molecule has 0 fully saturated rings. The maximum Gasteiger partial charge on any atom is 0.379 e. The summed E-state index contributed by atoms with van der Waals surface area (Å²) in [7, 11) is -3.72. The molecule has 0 amide bonds. The summed E-state index contributed by atoms with van der Waals surface area (Å²) < 4.78 is 34.2. The van der Waals surface area contributed by atoms with E-state index >= 15 is 0 Å². The van der Waals surface area contributed by atoms with E-state index in [0.717, 1.165) is 0 Å². The van der Waals surface area contributed by atoms with E-state index in [9.17, 15) is 9.36 Å². The predicted octanol–water partition coefficient (Wildman–Crippen LogP) is 3.88. The van der Waals surface area contributed by atoms with Gasteiger partial charge in [0, 0.05) is 6.92 Å². The fourth-order valence-electron chi connectivity index (χ4n) is 1.59. The number of furan rings is 1. The van der Waals surface area contributed by atoms with Crippen LogP contribution in [0.2, 0.25) is 0 Å². The Morgan fingerprint density at radius 2 is 1.75 bits per heavy atom. The molecule has 1 heterocycles. The molecule has 0 radical (unpaired) electrons. The van der Waals surface area contributed by atoms with Crippen LogP contribution in [0.5, 0.6) is 0 Å². The van der Waals surface area contributed by atoms with Crippen molar-refractivity contribution in [3.05, 3.63) is 24.2 Å². The summed E-state index contributed by atoms with van der Waals surface area (Å²) in [4.78, 5) is 11.3. The number of hydrogen-bond donors (Lipinski definition) is 0. The van der Waals surface area contributed by atoms with Gasteiger partial charge in [0.15, 0.2) is 5.76 Å². The Hall–Kier alpha value is -1.10. The maximum atomic E-state index is 13.0. The zero-order chi connectivity index (χ0) is 15.3. The van der Waals surface area contributed by atoms with Crippen LogP contribution in [0.1, 0.15) is 46.2 Å². The van der Waals surface area contributed by atoms with Crippen LogP contribution in [0.3, 0.4) is 0 Å². The molecule has 0 N–H and O–H groups in total. The lowest BCUT2D eigenvalue weighted by Gasteiger charge is -2.28. The molecule has 0 saturated carbocycles. The first-order valence-corrected chi connectivity index (χ1v) is 8.03. The van der Waals surface area contributed by atoms with Gasteiger partial charge in [-0.05, 0) is 39.8 Å². The Labute approximate surface area is 118 Å². The minimum Gasteiger partial charge on any atom is -0.465 e. The average Bonchev–Trinajstić information content (AvgIpc) is 2.75. The molecule has 0 saturated heterocycles. The fraction of sp³-hybridized carbons (Fsp3) is 0.615. The van der Waals surface area contributed by atoms with E-state index in [2.05, 4.69) is 0 Å². The Kier molecular flexibility index (Phi) is 5.99. The molecule has 114 valence electrons. The van der Waals surface area contributed by atoms with Gasteiger partial charge in [-0.25, -0.2) is 0 Å². The van der Waals surface area contributed by atoms with Gasteiger partial charge in [0.25, 0.3) is 5.85 Å². The van der Waals surface area contributed by atoms with E-state index in [4.69, 9.17) is 18.2 Å². The molecule has 0 bridgehead atoms. The summed E-state index contributed by atoms with van der Waals surface area (Å²) in [5.41, 5.74) is 0. The second-order valence-electron chi connectivity index (χ2n) is 4.83. The van der Waals surface area contributed by atoms with Crippen molar-refractivity contribution in [3.63, 3.8) is 0 Å². The maximum absolute atomic E-state index is 13.0. The Bertz CT molecular complexity index is 451. The van der Waals surface area contributed by atoms with E-state index in [-0.39, 0.29) is 18.0 Å². The van der Waals surface area contributed by atoms with E-state index in [1.165, 1.54) is 13.2 Å². The molecule has 0 aromatic carbocycles. The molecule has 0 aliphatic rings. The van der Waals surface area contributed by atoms with Crippen LogP contribution in [-0.2, 0) is 23.1 Å². The molecule has 1 aromatic heterocycles. The second kappa shape index (κ2) is 7.07. The molecule has 0 aliphatic carbocycles. The standard InChI is InChI=1S/C13H21O6P/c1-9(2)18-20(15,19-10(3)4)13(17-11(5)14)12-7-6-8-16-12/h6-10,13H,1-5H3/t13-/m1/s1. The lowest BCUT2D eigenvalue weighted by molar-refractivity contribution is -0.145. The molecular formula is C13H21O6P. The van der Waals surface area contributed by atoms with Gasteiger partial charge in [0.1, 0.15) is 0 Å². The molecular weight excluding hydrogens is 283 g/mol. The topological polar surface area (TPSA) is 75.0 Å². The number of rotatable bonds is 7. The van der Waals surface area contributed by atoms with E-state index < -0.39 is 19.4 Å². The quantitative estimate of drug-likeness (QED) is 0.562. The predicted molar refractivity (Wildman–Crippen MR) is 73.3 cm³/mol. The van der Waals surface area contributed by atoms with Gasteiger partial charge in [-0.15, -0.1) is 0 Å². The third-order valence-corrected chi connectivity index (χ3v) is 4.43. The molecule has 6 nitrogen and oxygen atoms in total. The highest BCUT2D eigenvalue weighted by Gasteiger charge is 2.43. The molecule has 20 heavy (non-hydrogen) atoms. The monoisotopic (exact) mass is 304 g/mol. The Balaban J connectivity index is 3.15. The van der Waals surface area contributed by atoms with Gasteiger partial charge in [0.2, 0.25) is 0 Å². The van der Waals surface area contributed by atoms with Crippen molar-refractivity contribution in [1.82, 2.24) is 0 Å². The van der Waals surface area contributed by atoms with Crippen LogP contribution in [0, 0.1) is 0 Å². The molecule has 0 unspecified atom stereocenters. The van der Waals surface area contributed by atoms with Crippen LogP contribution in [-0.4, -0.2) is 18.2 Å². The molecule has 0 aliphatic heterocycles. The van der Waals surface area contributed by atoms with Crippen LogP contribution in [0.4, 0.5) is 0 Å². The Morgan fingerprint density at radius 1 is 1.20 bits per heavy atom. The smallest absolute Gasteiger partial charge is 0.379 e. The summed E-state index contributed by atoms with van der Waals surface area (Å²) in [5, 5.41) is 0. The van der Waals surface area contributed by atoms with Crippen molar-refractivity contribution < 1.29 is 27.6 Å².